The number of aromatic nitrogens is 4. The van der Waals surface area contributed by atoms with Crippen LogP contribution in [0.2, 0.25) is 5.02 Å². The number of pyridine rings is 1. The average molecular weight is 423 g/mol. The molecule has 0 radical (unpaired) electrons. The van der Waals surface area contributed by atoms with E-state index in [9.17, 15) is 0 Å². The second-order valence-electron chi connectivity index (χ2n) is 6.16. The van der Waals surface area contributed by atoms with E-state index in [1.165, 1.54) is 0 Å². The normalized spacial score (nSPS) is 10.8. The molecule has 0 N–H and O–H groups in total. The predicted octanol–water partition coefficient (Wildman–Crippen LogP) is 5.67. The van der Waals surface area contributed by atoms with Crippen LogP contribution in [0.15, 0.2) is 78.2 Å². The van der Waals surface area contributed by atoms with Crippen LogP contribution in [0.5, 0.6) is 5.75 Å². The van der Waals surface area contributed by atoms with E-state index in [0.717, 1.165) is 32.7 Å². The predicted molar refractivity (Wildman–Crippen MR) is 117 cm³/mol. The van der Waals surface area contributed by atoms with Gasteiger partial charge in [0, 0.05) is 28.7 Å². The summed E-state index contributed by atoms with van der Waals surface area (Å²) in [6.07, 6.45) is 3.53. The monoisotopic (exact) mass is 422 g/mol. The number of ether oxygens (including phenoxy) is 1. The van der Waals surface area contributed by atoms with Crippen molar-refractivity contribution < 1.29 is 4.74 Å². The van der Waals surface area contributed by atoms with Crippen LogP contribution in [0.1, 0.15) is 12.5 Å². The van der Waals surface area contributed by atoms with Crippen LogP contribution in [0.25, 0.3) is 17.1 Å². The summed E-state index contributed by atoms with van der Waals surface area (Å²) in [5, 5.41) is 10.4. The van der Waals surface area contributed by atoms with Gasteiger partial charge in [-0.1, -0.05) is 53.7 Å². The Hall–Kier alpha value is -2.83. The van der Waals surface area contributed by atoms with Gasteiger partial charge in [0.05, 0.1) is 12.3 Å². The standard InChI is InChI=1S/C22H19ClN4OS/c1-2-28-20-12-6-5-11-19(20)27-21(16-9-7-13-24-14-16)25-26-22(27)29-15-17-8-3-4-10-18(17)23/h3-14H,2,15H2,1H3. The molecule has 0 amide bonds. The smallest absolute Gasteiger partial charge is 0.196 e. The van der Waals surface area contributed by atoms with E-state index in [1.54, 1.807) is 24.2 Å². The van der Waals surface area contributed by atoms with Crippen molar-refractivity contribution in [1.82, 2.24) is 19.7 Å². The Balaban J connectivity index is 1.78. The molecule has 0 bridgehead atoms. The highest BCUT2D eigenvalue weighted by atomic mass is 35.5. The van der Waals surface area contributed by atoms with Crippen LogP contribution in [-0.4, -0.2) is 26.4 Å². The lowest BCUT2D eigenvalue weighted by atomic mass is 10.2. The molecule has 146 valence electrons. The molecule has 4 aromatic rings. The number of para-hydroxylation sites is 2. The zero-order chi connectivity index (χ0) is 20.1. The third-order valence-corrected chi connectivity index (χ3v) is 5.62. The van der Waals surface area contributed by atoms with Crippen molar-refractivity contribution in [3.05, 3.63) is 83.6 Å². The maximum absolute atomic E-state index is 6.33. The zero-order valence-electron chi connectivity index (χ0n) is 15.8. The summed E-state index contributed by atoms with van der Waals surface area (Å²) >= 11 is 7.91. The molecule has 2 aromatic heterocycles. The van der Waals surface area contributed by atoms with E-state index >= 15 is 0 Å². The molecule has 0 aliphatic carbocycles. The number of hydrogen-bond donors (Lipinski definition) is 0. The summed E-state index contributed by atoms with van der Waals surface area (Å²) in [6.45, 7) is 2.54. The largest absolute Gasteiger partial charge is 0.492 e. The Labute approximate surface area is 178 Å². The van der Waals surface area contributed by atoms with Gasteiger partial charge in [0.15, 0.2) is 11.0 Å². The van der Waals surface area contributed by atoms with Crippen molar-refractivity contribution >= 4 is 23.4 Å². The van der Waals surface area contributed by atoms with Crippen LogP contribution >= 0.6 is 23.4 Å². The van der Waals surface area contributed by atoms with Gasteiger partial charge in [0.2, 0.25) is 0 Å². The molecule has 0 atom stereocenters. The van der Waals surface area contributed by atoms with Crippen LogP contribution in [0.4, 0.5) is 0 Å². The van der Waals surface area contributed by atoms with Gasteiger partial charge in [0.1, 0.15) is 5.75 Å². The third-order valence-electron chi connectivity index (χ3n) is 4.27. The molecule has 2 aromatic carbocycles. The molecule has 7 heteroatoms. The van der Waals surface area contributed by atoms with Crippen molar-refractivity contribution in [2.75, 3.05) is 6.61 Å². The van der Waals surface area contributed by atoms with Gasteiger partial charge >= 0.3 is 0 Å². The van der Waals surface area contributed by atoms with E-state index in [0.29, 0.717) is 18.2 Å². The first-order valence-electron chi connectivity index (χ1n) is 9.22. The highest BCUT2D eigenvalue weighted by Gasteiger charge is 2.19. The van der Waals surface area contributed by atoms with Gasteiger partial charge in [-0.25, -0.2) is 0 Å². The molecule has 0 unspecified atom stereocenters. The molecule has 0 aliphatic heterocycles. The summed E-state index contributed by atoms with van der Waals surface area (Å²) in [5.74, 6) is 2.17. The number of halogens is 1. The van der Waals surface area contributed by atoms with Crippen molar-refractivity contribution in [2.45, 2.75) is 17.8 Å². The lowest BCUT2D eigenvalue weighted by molar-refractivity contribution is 0.338. The summed E-state index contributed by atoms with van der Waals surface area (Å²) in [6, 6.07) is 19.6. The fraction of sp³-hybridized carbons (Fsp3) is 0.136. The topological polar surface area (TPSA) is 52.8 Å². The maximum atomic E-state index is 6.33. The fourth-order valence-corrected chi connectivity index (χ4v) is 4.17. The SMILES string of the molecule is CCOc1ccccc1-n1c(SCc2ccccc2Cl)nnc1-c1cccnc1. The van der Waals surface area contributed by atoms with Crippen LogP contribution in [0.3, 0.4) is 0 Å². The van der Waals surface area contributed by atoms with Crippen molar-refractivity contribution in [3.8, 4) is 22.8 Å². The molecule has 0 aliphatic rings. The number of rotatable bonds is 7. The average Bonchev–Trinajstić information content (AvgIpc) is 3.18. The fourth-order valence-electron chi connectivity index (χ4n) is 2.94. The highest BCUT2D eigenvalue weighted by molar-refractivity contribution is 7.98. The van der Waals surface area contributed by atoms with Gasteiger partial charge in [-0.3, -0.25) is 9.55 Å². The van der Waals surface area contributed by atoms with Crippen molar-refractivity contribution in [1.29, 1.82) is 0 Å². The molecule has 0 saturated heterocycles. The lowest BCUT2D eigenvalue weighted by Crippen LogP contribution is -2.04. The first-order valence-corrected chi connectivity index (χ1v) is 10.6. The molecule has 0 spiro atoms. The van der Waals surface area contributed by atoms with Gasteiger partial charge in [-0.2, -0.15) is 0 Å². The summed E-state index contributed by atoms with van der Waals surface area (Å²) < 4.78 is 7.88. The van der Waals surface area contributed by atoms with E-state index in [2.05, 4.69) is 15.2 Å². The molecular weight excluding hydrogens is 404 g/mol. The number of nitrogens with zero attached hydrogens (tertiary/aromatic N) is 4. The zero-order valence-corrected chi connectivity index (χ0v) is 17.4. The molecule has 0 saturated carbocycles. The number of benzene rings is 2. The minimum atomic E-state index is 0.573. The quantitative estimate of drug-likeness (QED) is 0.359. The lowest BCUT2D eigenvalue weighted by Gasteiger charge is -2.14. The number of hydrogen-bond acceptors (Lipinski definition) is 5. The van der Waals surface area contributed by atoms with Crippen LogP contribution in [-0.2, 0) is 5.75 Å². The Kier molecular flexibility index (Phi) is 6.12. The first-order chi connectivity index (χ1) is 14.3. The van der Waals surface area contributed by atoms with E-state index in [4.69, 9.17) is 16.3 Å². The Morgan fingerprint density at radius 2 is 1.83 bits per heavy atom. The maximum Gasteiger partial charge on any atom is 0.196 e. The highest BCUT2D eigenvalue weighted by Crippen LogP contribution is 2.34. The third kappa shape index (κ3) is 4.28. The van der Waals surface area contributed by atoms with Crippen LogP contribution in [0, 0.1) is 0 Å². The van der Waals surface area contributed by atoms with E-state index in [1.807, 2.05) is 72.2 Å². The second kappa shape index (κ2) is 9.11. The van der Waals surface area contributed by atoms with Gasteiger partial charge < -0.3 is 4.74 Å². The minimum Gasteiger partial charge on any atom is -0.492 e. The van der Waals surface area contributed by atoms with Gasteiger partial charge in [-0.05, 0) is 42.8 Å². The molecule has 2 heterocycles. The Morgan fingerprint density at radius 3 is 2.62 bits per heavy atom. The molecule has 4 rings (SSSR count). The first kappa shape index (κ1) is 19.5. The summed E-state index contributed by atoms with van der Waals surface area (Å²) in [5.41, 5.74) is 2.82. The molecule has 29 heavy (non-hydrogen) atoms. The van der Waals surface area contributed by atoms with Crippen molar-refractivity contribution in [2.24, 2.45) is 0 Å². The van der Waals surface area contributed by atoms with Gasteiger partial charge in [0.25, 0.3) is 0 Å². The molecular formula is C22H19ClN4OS. The van der Waals surface area contributed by atoms with Crippen LogP contribution < -0.4 is 4.74 Å². The molecule has 5 nitrogen and oxygen atoms in total. The Morgan fingerprint density at radius 1 is 1.00 bits per heavy atom. The summed E-state index contributed by atoms with van der Waals surface area (Å²) in [7, 11) is 0. The van der Waals surface area contributed by atoms with E-state index in [-0.39, 0.29) is 0 Å². The minimum absolute atomic E-state index is 0.573. The van der Waals surface area contributed by atoms with Crippen molar-refractivity contribution in [3.63, 3.8) is 0 Å². The number of thioether (sulfide) groups is 1. The van der Waals surface area contributed by atoms with Gasteiger partial charge in [-0.15, -0.1) is 10.2 Å². The second-order valence-corrected chi connectivity index (χ2v) is 7.51. The molecule has 0 fully saturated rings. The summed E-state index contributed by atoms with van der Waals surface area (Å²) in [4.78, 5) is 4.23. The Bertz CT molecular complexity index is 1100. The van der Waals surface area contributed by atoms with E-state index < -0.39 is 0 Å².